The predicted octanol–water partition coefficient (Wildman–Crippen LogP) is 5.90. The molecule has 2 aromatic heterocycles. The number of aromatic nitrogens is 3. The van der Waals surface area contributed by atoms with Crippen LogP contribution < -0.4 is 16.0 Å². The van der Waals surface area contributed by atoms with Crippen molar-refractivity contribution < 1.29 is 17.2 Å². The van der Waals surface area contributed by atoms with E-state index in [1.807, 2.05) is 0 Å². The van der Waals surface area contributed by atoms with Crippen molar-refractivity contribution in [2.45, 2.75) is 54.8 Å². The second-order valence-corrected chi connectivity index (χ2v) is 12.6. The van der Waals surface area contributed by atoms with Gasteiger partial charge in [-0.25, -0.2) is 22.8 Å². The van der Waals surface area contributed by atoms with Crippen LogP contribution in [-0.2, 0) is 16.4 Å². The van der Waals surface area contributed by atoms with E-state index in [-0.39, 0.29) is 16.8 Å². The number of rotatable bonds is 9. The minimum absolute atomic E-state index is 0.114. The third kappa shape index (κ3) is 6.26. The number of nitrogens with one attached hydrogen (secondary N) is 3. The van der Waals surface area contributed by atoms with Gasteiger partial charge in [-0.2, -0.15) is 9.37 Å². The van der Waals surface area contributed by atoms with E-state index in [2.05, 4.69) is 30.9 Å². The first-order valence-corrected chi connectivity index (χ1v) is 14.5. The first-order valence-electron chi connectivity index (χ1n) is 13.0. The number of hydrogen-bond donors (Lipinski definition) is 3. The van der Waals surface area contributed by atoms with Crippen LogP contribution in [0.3, 0.4) is 0 Å². The molecule has 0 atom stereocenters. The zero-order valence-corrected chi connectivity index (χ0v) is 22.8. The lowest BCUT2D eigenvalue weighted by Gasteiger charge is -2.37. The van der Waals surface area contributed by atoms with Crippen LogP contribution in [0.25, 0.3) is 0 Å². The average molecular weight is 565 g/mol. The van der Waals surface area contributed by atoms with Crippen molar-refractivity contribution in [2.75, 3.05) is 10.6 Å². The molecule has 0 unspecified atom stereocenters. The van der Waals surface area contributed by atoms with E-state index >= 15 is 0 Å². The maximum Gasteiger partial charge on any atom is 0.229 e. The second kappa shape index (κ2) is 11.6. The summed E-state index contributed by atoms with van der Waals surface area (Å²) >= 11 is 0. The maximum atomic E-state index is 13.8. The lowest BCUT2D eigenvalue weighted by molar-refractivity contribution is 0.316. The number of benzene rings is 2. The Hall–Kier alpha value is -3.96. The Balaban J connectivity index is 1.19. The van der Waals surface area contributed by atoms with Crippen LogP contribution in [0.15, 0.2) is 84.0 Å². The summed E-state index contributed by atoms with van der Waals surface area (Å²) < 4.78 is 53.3. The van der Waals surface area contributed by atoms with Gasteiger partial charge in [0.1, 0.15) is 11.6 Å². The molecule has 2 aromatic carbocycles. The van der Waals surface area contributed by atoms with Gasteiger partial charge in [0.15, 0.2) is 9.84 Å². The number of anilines is 4. The number of nitrogens with zero attached hydrogens (tertiary/aromatic N) is 3. The molecule has 4 aromatic rings. The Morgan fingerprint density at radius 2 is 1.55 bits per heavy atom. The van der Waals surface area contributed by atoms with Crippen LogP contribution in [0.5, 0.6) is 0 Å². The summed E-state index contributed by atoms with van der Waals surface area (Å²) in [7, 11) is -3.59. The summed E-state index contributed by atoms with van der Waals surface area (Å²) in [6, 6.07) is 17.7. The van der Waals surface area contributed by atoms with Gasteiger partial charge in [0.05, 0.1) is 9.64 Å². The van der Waals surface area contributed by atoms with E-state index in [1.165, 1.54) is 18.3 Å². The fraction of sp³-hybridized carbons (Fsp3) is 0.276. The van der Waals surface area contributed by atoms with Crippen molar-refractivity contribution >= 4 is 33.0 Å². The minimum Gasteiger partial charge on any atom is -0.340 e. The van der Waals surface area contributed by atoms with E-state index in [4.69, 9.17) is 0 Å². The SMILES string of the molecule is CC1(S(=O)(=O)c2ccc(Nc3nccc(Nc4ccc(F)cc4)n3)cc2)CCC(NCc2cccnc2F)CC1. The molecule has 3 N–H and O–H groups in total. The van der Waals surface area contributed by atoms with Crippen LogP contribution in [-0.4, -0.2) is 34.2 Å². The molecular weight excluding hydrogens is 534 g/mol. The smallest absolute Gasteiger partial charge is 0.229 e. The van der Waals surface area contributed by atoms with Gasteiger partial charge < -0.3 is 16.0 Å². The average Bonchev–Trinajstić information content (AvgIpc) is 2.95. The first-order chi connectivity index (χ1) is 19.2. The van der Waals surface area contributed by atoms with Gasteiger partial charge in [0, 0.05) is 41.9 Å². The highest BCUT2D eigenvalue weighted by molar-refractivity contribution is 7.92. The van der Waals surface area contributed by atoms with Crippen LogP contribution in [0, 0.1) is 11.8 Å². The van der Waals surface area contributed by atoms with Gasteiger partial charge in [-0.3, -0.25) is 0 Å². The summed E-state index contributed by atoms with van der Waals surface area (Å²) in [5, 5.41) is 9.52. The molecule has 0 bridgehead atoms. The van der Waals surface area contributed by atoms with Gasteiger partial charge in [0.2, 0.25) is 11.9 Å². The van der Waals surface area contributed by atoms with Gasteiger partial charge in [-0.05, 0) is 93.3 Å². The zero-order valence-electron chi connectivity index (χ0n) is 21.9. The molecule has 5 rings (SSSR count). The van der Waals surface area contributed by atoms with Gasteiger partial charge in [-0.1, -0.05) is 6.07 Å². The molecule has 0 saturated heterocycles. The number of pyridine rings is 1. The van der Waals surface area contributed by atoms with Gasteiger partial charge in [0.25, 0.3) is 0 Å². The third-order valence-electron chi connectivity index (χ3n) is 7.30. The number of hydrogen-bond acceptors (Lipinski definition) is 8. The summed E-state index contributed by atoms with van der Waals surface area (Å²) in [4.78, 5) is 12.6. The summed E-state index contributed by atoms with van der Waals surface area (Å²) in [5.74, 6) is 0.0324. The maximum absolute atomic E-state index is 13.8. The molecule has 1 aliphatic rings. The Morgan fingerprint density at radius 1 is 0.875 bits per heavy atom. The normalized spacial score (nSPS) is 19.2. The molecule has 0 aliphatic heterocycles. The topological polar surface area (TPSA) is 109 Å². The highest BCUT2D eigenvalue weighted by atomic mass is 32.2. The lowest BCUT2D eigenvalue weighted by atomic mass is 9.86. The third-order valence-corrected chi connectivity index (χ3v) is 9.90. The Kier molecular flexibility index (Phi) is 8.04. The summed E-state index contributed by atoms with van der Waals surface area (Å²) in [5.41, 5.74) is 1.82. The Morgan fingerprint density at radius 3 is 2.25 bits per heavy atom. The molecule has 2 heterocycles. The molecule has 1 fully saturated rings. The van der Waals surface area contributed by atoms with Crippen LogP contribution in [0.1, 0.15) is 38.2 Å². The summed E-state index contributed by atoms with van der Waals surface area (Å²) in [6.07, 6.45) is 5.36. The molecule has 208 valence electrons. The standard InChI is InChI=1S/C29H30F2N6O2S/c1-29(15-12-22(13-16-29)34-19-20-3-2-17-32-27(20)31)40(38,39)25-10-8-24(9-11-25)36-28-33-18-14-26(37-28)35-23-6-4-21(30)5-7-23/h2-11,14,17-18,22,34H,12-13,15-16,19H2,1H3,(H2,33,35,36,37). The minimum atomic E-state index is -3.59. The van der Waals surface area contributed by atoms with Crippen molar-refractivity contribution in [3.8, 4) is 0 Å². The quantitative estimate of drug-likeness (QED) is 0.216. The van der Waals surface area contributed by atoms with E-state index in [0.29, 0.717) is 60.9 Å². The van der Waals surface area contributed by atoms with E-state index < -0.39 is 20.5 Å². The fourth-order valence-corrected chi connectivity index (χ4v) is 6.64. The van der Waals surface area contributed by atoms with Gasteiger partial charge in [-0.15, -0.1) is 0 Å². The molecule has 0 amide bonds. The number of halogens is 2. The molecule has 8 nitrogen and oxygen atoms in total. The predicted molar refractivity (Wildman–Crippen MR) is 150 cm³/mol. The van der Waals surface area contributed by atoms with E-state index in [9.17, 15) is 17.2 Å². The van der Waals surface area contributed by atoms with Crippen LogP contribution in [0.2, 0.25) is 0 Å². The van der Waals surface area contributed by atoms with Crippen molar-refractivity contribution in [3.63, 3.8) is 0 Å². The monoisotopic (exact) mass is 564 g/mol. The first kappa shape index (κ1) is 27.6. The number of sulfone groups is 1. The zero-order chi connectivity index (χ0) is 28.2. The second-order valence-electron chi connectivity index (χ2n) is 10.1. The van der Waals surface area contributed by atoms with Crippen LogP contribution >= 0.6 is 0 Å². The molecule has 0 spiro atoms. The van der Waals surface area contributed by atoms with Gasteiger partial charge >= 0.3 is 0 Å². The van der Waals surface area contributed by atoms with Crippen LogP contribution in [0.4, 0.5) is 31.9 Å². The van der Waals surface area contributed by atoms with E-state index in [1.54, 1.807) is 67.7 Å². The summed E-state index contributed by atoms with van der Waals surface area (Å²) in [6.45, 7) is 2.16. The highest BCUT2D eigenvalue weighted by Crippen LogP contribution is 2.39. The molecule has 0 radical (unpaired) electrons. The van der Waals surface area contributed by atoms with Crippen molar-refractivity contribution in [2.24, 2.45) is 0 Å². The molecule has 11 heteroatoms. The molecular formula is C29H30F2N6O2S. The van der Waals surface area contributed by atoms with Crippen molar-refractivity contribution in [3.05, 3.63) is 96.5 Å². The largest absolute Gasteiger partial charge is 0.340 e. The fourth-order valence-electron chi connectivity index (χ4n) is 4.81. The van der Waals surface area contributed by atoms with E-state index in [0.717, 1.165) is 0 Å². The Bertz CT molecular complexity index is 1560. The molecule has 1 saturated carbocycles. The van der Waals surface area contributed by atoms with Crippen molar-refractivity contribution in [1.29, 1.82) is 0 Å². The lowest BCUT2D eigenvalue weighted by Crippen LogP contribution is -2.44. The highest BCUT2D eigenvalue weighted by Gasteiger charge is 2.43. The Labute approximate surface area is 232 Å². The van der Waals surface area contributed by atoms with Crippen molar-refractivity contribution in [1.82, 2.24) is 20.3 Å². The molecule has 1 aliphatic carbocycles. The molecule has 40 heavy (non-hydrogen) atoms.